The van der Waals surface area contributed by atoms with Crippen molar-refractivity contribution in [3.05, 3.63) is 0 Å². The zero-order chi connectivity index (χ0) is 14.6. The lowest BCUT2D eigenvalue weighted by Crippen LogP contribution is -2.58. The molecule has 0 saturated carbocycles. The van der Waals surface area contributed by atoms with Gasteiger partial charge in [-0.25, -0.2) is 4.79 Å². The number of hydrogen-bond acceptors (Lipinski definition) is 3. The van der Waals surface area contributed by atoms with E-state index in [4.69, 9.17) is 5.73 Å². The minimum absolute atomic E-state index is 0. The second kappa shape index (κ2) is 7.69. The van der Waals surface area contributed by atoms with E-state index in [2.05, 4.69) is 5.32 Å². The smallest absolute Gasteiger partial charge is 0.317 e. The van der Waals surface area contributed by atoms with Crippen molar-refractivity contribution in [1.29, 1.82) is 0 Å². The van der Waals surface area contributed by atoms with E-state index in [0.717, 1.165) is 0 Å². The van der Waals surface area contributed by atoms with Gasteiger partial charge in [0.25, 0.3) is 0 Å². The van der Waals surface area contributed by atoms with Crippen molar-refractivity contribution in [2.45, 2.75) is 33.7 Å². The molecule has 118 valence electrons. The lowest BCUT2D eigenvalue weighted by Gasteiger charge is -2.38. The fraction of sp³-hybridized carbons (Fsp3) is 0.846. The number of hydrogen-bond donors (Lipinski definition) is 2. The van der Waals surface area contributed by atoms with Crippen LogP contribution in [0.1, 0.15) is 27.7 Å². The standard InChI is InChI=1S/C13H26N4O2.ClH/c1-5-15-12(19)17-8-6-16(7-9-17)11(18)10(14)13(2,3)4;/h10H,5-9,14H2,1-4H3,(H,15,19);1H/t10-;/m1./s1. The SMILES string of the molecule is CCNC(=O)N1CCN(C(=O)[C@@H](N)C(C)(C)C)CC1.Cl. The normalized spacial score (nSPS) is 17.2. The Balaban J connectivity index is 0.00000361. The molecule has 0 aromatic carbocycles. The summed E-state index contributed by atoms with van der Waals surface area (Å²) in [6.07, 6.45) is 0. The molecular formula is C13H27ClN4O2. The average Bonchev–Trinajstić information content (AvgIpc) is 2.36. The number of rotatable bonds is 2. The molecule has 0 radical (unpaired) electrons. The highest BCUT2D eigenvalue weighted by molar-refractivity contribution is 5.85. The van der Waals surface area contributed by atoms with E-state index in [1.165, 1.54) is 0 Å². The van der Waals surface area contributed by atoms with Gasteiger partial charge in [-0.1, -0.05) is 20.8 Å². The summed E-state index contributed by atoms with van der Waals surface area (Å²) in [5.74, 6) is -0.0250. The van der Waals surface area contributed by atoms with Crippen molar-refractivity contribution in [2.75, 3.05) is 32.7 Å². The lowest BCUT2D eigenvalue weighted by molar-refractivity contribution is -0.136. The quantitative estimate of drug-likeness (QED) is 0.786. The van der Waals surface area contributed by atoms with Crippen LogP contribution in [0.4, 0.5) is 4.79 Å². The summed E-state index contributed by atoms with van der Waals surface area (Å²) < 4.78 is 0. The molecule has 1 aliphatic heterocycles. The fourth-order valence-electron chi connectivity index (χ4n) is 1.96. The van der Waals surface area contributed by atoms with Gasteiger partial charge < -0.3 is 20.9 Å². The predicted octanol–water partition coefficient (Wildman–Crippen LogP) is 0.655. The third kappa shape index (κ3) is 4.83. The van der Waals surface area contributed by atoms with Crippen LogP contribution in [0.3, 0.4) is 0 Å². The van der Waals surface area contributed by atoms with E-state index < -0.39 is 6.04 Å². The zero-order valence-corrected chi connectivity index (χ0v) is 13.6. The van der Waals surface area contributed by atoms with Crippen LogP contribution in [0.5, 0.6) is 0 Å². The van der Waals surface area contributed by atoms with Gasteiger partial charge in [-0.05, 0) is 12.3 Å². The third-order valence-electron chi connectivity index (χ3n) is 3.41. The van der Waals surface area contributed by atoms with Gasteiger partial charge in [0.15, 0.2) is 0 Å². The minimum atomic E-state index is -0.497. The summed E-state index contributed by atoms with van der Waals surface area (Å²) in [5, 5.41) is 2.77. The molecule has 20 heavy (non-hydrogen) atoms. The summed E-state index contributed by atoms with van der Waals surface area (Å²) >= 11 is 0. The van der Waals surface area contributed by atoms with Gasteiger partial charge >= 0.3 is 6.03 Å². The Bertz CT molecular complexity index is 336. The highest BCUT2D eigenvalue weighted by Gasteiger charge is 2.33. The molecule has 0 aliphatic carbocycles. The van der Waals surface area contributed by atoms with Gasteiger partial charge in [0.2, 0.25) is 5.91 Å². The fourth-order valence-corrected chi connectivity index (χ4v) is 1.96. The molecule has 3 N–H and O–H groups in total. The lowest BCUT2D eigenvalue weighted by atomic mass is 9.86. The summed E-state index contributed by atoms with van der Waals surface area (Å²) in [7, 11) is 0. The molecule has 7 heteroatoms. The summed E-state index contributed by atoms with van der Waals surface area (Å²) in [4.78, 5) is 27.4. The minimum Gasteiger partial charge on any atom is -0.338 e. The van der Waals surface area contributed by atoms with Crippen LogP contribution in [0.25, 0.3) is 0 Å². The Kier molecular flexibility index (Phi) is 7.30. The molecular weight excluding hydrogens is 280 g/mol. The molecule has 1 heterocycles. The van der Waals surface area contributed by atoms with Crippen molar-refractivity contribution >= 4 is 24.3 Å². The van der Waals surface area contributed by atoms with E-state index in [0.29, 0.717) is 32.7 Å². The monoisotopic (exact) mass is 306 g/mol. The highest BCUT2D eigenvalue weighted by Crippen LogP contribution is 2.19. The van der Waals surface area contributed by atoms with Gasteiger partial charge in [0, 0.05) is 32.7 Å². The van der Waals surface area contributed by atoms with E-state index in [1.807, 2.05) is 27.7 Å². The molecule has 6 nitrogen and oxygen atoms in total. The second-order valence-electron chi connectivity index (χ2n) is 5.99. The molecule has 1 atom stereocenters. The van der Waals surface area contributed by atoms with Gasteiger partial charge in [-0.2, -0.15) is 0 Å². The van der Waals surface area contributed by atoms with Crippen LogP contribution in [-0.2, 0) is 4.79 Å². The van der Waals surface area contributed by atoms with Crippen LogP contribution < -0.4 is 11.1 Å². The molecule has 1 fully saturated rings. The first-order valence-electron chi connectivity index (χ1n) is 6.84. The molecule has 0 aromatic heterocycles. The maximum Gasteiger partial charge on any atom is 0.317 e. The Morgan fingerprint density at radius 3 is 2.00 bits per heavy atom. The summed E-state index contributed by atoms with van der Waals surface area (Å²) in [5.41, 5.74) is 5.74. The molecule has 1 rings (SSSR count). The van der Waals surface area contributed by atoms with Gasteiger partial charge in [0.05, 0.1) is 6.04 Å². The number of halogens is 1. The zero-order valence-electron chi connectivity index (χ0n) is 12.8. The highest BCUT2D eigenvalue weighted by atomic mass is 35.5. The topological polar surface area (TPSA) is 78.7 Å². The summed E-state index contributed by atoms with van der Waals surface area (Å²) in [6.45, 7) is 10.6. The number of urea groups is 1. The number of nitrogens with zero attached hydrogens (tertiary/aromatic N) is 2. The predicted molar refractivity (Wildman–Crippen MR) is 81.9 cm³/mol. The van der Waals surface area contributed by atoms with Crippen molar-refractivity contribution < 1.29 is 9.59 Å². The first-order chi connectivity index (χ1) is 8.77. The van der Waals surface area contributed by atoms with Crippen LogP contribution in [-0.4, -0.2) is 60.5 Å². The second-order valence-corrected chi connectivity index (χ2v) is 5.99. The van der Waals surface area contributed by atoms with Crippen molar-refractivity contribution in [3.8, 4) is 0 Å². The van der Waals surface area contributed by atoms with Crippen LogP contribution in [0.15, 0.2) is 0 Å². The largest absolute Gasteiger partial charge is 0.338 e. The van der Waals surface area contributed by atoms with Crippen LogP contribution >= 0.6 is 12.4 Å². The maximum absolute atomic E-state index is 12.2. The summed E-state index contributed by atoms with van der Waals surface area (Å²) in [6, 6.07) is -0.557. The van der Waals surface area contributed by atoms with Gasteiger partial charge in [0.1, 0.15) is 0 Å². The Hall–Kier alpha value is -1.01. The Morgan fingerprint density at radius 2 is 1.60 bits per heavy atom. The number of amides is 3. The van der Waals surface area contributed by atoms with Crippen molar-refractivity contribution in [3.63, 3.8) is 0 Å². The van der Waals surface area contributed by atoms with Crippen LogP contribution in [0, 0.1) is 5.41 Å². The van der Waals surface area contributed by atoms with Crippen molar-refractivity contribution in [1.82, 2.24) is 15.1 Å². The average molecular weight is 307 g/mol. The molecule has 0 aromatic rings. The first kappa shape index (κ1) is 19.0. The molecule has 1 aliphatic rings. The maximum atomic E-state index is 12.2. The van der Waals surface area contributed by atoms with Gasteiger partial charge in [-0.15, -0.1) is 12.4 Å². The molecule has 0 bridgehead atoms. The first-order valence-corrected chi connectivity index (χ1v) is 6.84. The van der Waals surface area contributed by atoms with E-state index in [9.17, 15) is 9.59 Å². The molecule has 1 saturated heterocycles. The molecule has 3 amide bonds. The molecule has 0 unspecified atom stereocenters. The number of carbonyl (C=O) groups excluding carboxylic acids is 2. The Morgan fingerprint density at radius 1 is 1.15 bits per heavy atom. The number of piperazine rings is 1. The van der Waals surface area contributed by atoms with Crippen molar-refractivity contribution in [2.24, 2.45) is 11.1 Å². The van der Waals surface area contributed by atoms with E-state index in [1.54, 1.807) is 9.80 Å². The number of nitrogens with two attached hydrogens (primary N) is 1. The Labute approximate surface area is 127 Å². The number of carbonyl (C=O) groups is 2. The number of nitrogens with one attached hydrogen (secondary N) is 1. The third-order valence-corrected chi connectivity index (χ3v) is 3.41. The van der Waals surface area contributed by atoms with Gasteiger partial charge in [-0.3, -0.25) is 4.79 Å². The molecule has 0 spiro atoms. The van der Waals surface area contributed by atoms with E-state index in [-0.39, 0.29) is 29.8 Å². The van der Waals surface area contributed by atoms with E-state index >= 15 is 0 Å². The van der Waals surface area contributed by atoms with Crippen LogP contribution in [0.2, 0.25) is 0 Å².